The molecule has 5 heteroatoms. The second-order valence-corrected chi connectivity index (χ2v) is 9.85. The van der Waals surface area contributed by atoms with Crippen molar-refractivity contribution in [3.8, 4) is 0 Å². The number of carbonyl (C=O) groups excluding carboxylic acids is 1. The van der Waals surface area contributed by atoms with Crippen LogP contribution in [-0.4, -0.2) is 22.9 Å². The summed E-state index contributed by atoms with van der Waals surface area (Å²) in [7, 11) is 0. The number of hydrogen-bond donors (Lipinski definition) is 1. The molecule has 4 aliphatic rings. The van der Waals surface area contributed by atoms with Gasteiger partial charge in [-0.25, -0.2) is 0 Å². The average molecular weight is 363 g/mol. The number of carbonyl (C=O) groups is 1. The van der Waals surface area contributed by atoms with Gasteiger partial charge >= 0.3 is 0 Å². The maximum absolute atomic E-state index is 12.5. The molecule has 4 saturated carbocycles. The van der Waals surface area contributed by atoms with Gasteiger partial charge in [0.25, 0.3) is 0 Å². The quantitative estimate of drug-likeness (QED) is 0.822. The summed E-state index contributed by atoms with van der Waals surface area (Å²) in [5.74, 6) is 5.15. The van der Waals surface area contributed by atoms with Crippen LogP contribution in [0.2, 0.25) is 0 Å². The minimum Gasteiger partial charge on any atom is -0.361 e. The molecule has 1 aromatic rings. The Labute approximate surface area is 154 Å². The molecule has 0 radical (unpaired) electrons. The van der Waals surface area contributed by atoms with E-state index in [4.69, 9.17) is 4.52 Å². The van der Waals surface area contributed by atoms with Crippen LogP contribution in [-0.2, 0) is 10.5 Å². The van der Waals surface area contributed by atoms with Crippen molar-refractivity contribution >= 4 is 17.7 Å². The lowest BCUT2D eigenvalue weighted by Crippen LogP contribution is -2.56. The number of amides is 1. The van der Waals surface area contributed by atoms with E-state index in [0.29, 0.717) is 17.2 Å². The normalized spacial score (nSPS) is 34.3. The molecule has 4 bridgehead atoms. The number of thioether (sulfide) groups is 1. The Morgan fingerprint density at radius 2 is 1.84 bits per heavy atom. The van der Waals surface area contributed by atoms with E-state index in [2.05, 4.69) is 17.4 Å². The number of nitrogens with zero attached hydrogens (tertiary/aromatic N) is 1. The standard InChI is InChI=1S/C20H30N2O2S/c1-12-18(13(2)24-22-12)10-25-11-19(23)21-14(3)20-7-15-4-16(8-20)6-17(5-15)9-20/h14-17H,4-11H2,1-3H3,(H,21,23)/t14-,15?,16?,17?,20?/m1/s1. The third kappa shape index (κ3) is 3.36. The van der Waals surface area contributed by atoms with E-state index in [1.807, 2.05) is 13.8 Å². The molecular weight excluding hydrogens is 332 g/mol. The van der Waals surface area contributed by atoms with Crippen LogP contribution in [0.1, 0.15) is 62.5 Å². The topological polar surface area (TPSA) is 55.1 Å². The zero-order valence-electron chi connectivity index (χ0n) is 15.6. The zero-order chi connectivity index (χ0) is 17.6. The monoisotopic (exact) mass is 362 g/mol. The smallest absolute Gasteiger partial charge is 0.230 e. The minimum atomic E-state index is 0.181. The summed E-state index contributed by atoms with van der Waals surface area (Å²) < 4.78 is 5.19. The highest BCUT2D eigenvalue weighted by atomic mass is 32.2. The molecule has 0 aliphatic heterocycles. The Hall–Kier alpha value is -0.970. The van der Waals surface area contributed by atoms with Gasteiger partial charge < -0.3 is 9.84 Å². The van der Waals surface area contributed by atoms with Crippen LogP contribution in [0, 0.1) is 37.0 Å². The van der Waals surface area contributed by atoms with E-state index < -0.39 is 0 Å². The van der Waals surface area contributed by atoms with Crippen molar-refractivity contribution in [3.63, 3.8) is 0 Å². The Morgan fingerprint density at radius 3 is 2.36 bits per heavy atom. The van der Waals surface area contributed by atoms with Gasteiger partial charge in [-0.15, -0.1) is 11.8 Å². The molecule has 1 amide bonds. The third-order valence-electron chi connectivity index (χ3n) is 7.04. The molecule has 5 rings (SSSR count). The van der Waals surface area contributed by atoms with Crippen molar-refractivity contribution in [2.75, 3.05) is 5.75 Å². The van der Waals surface area contributed by atoms with Gasteiger partial charge in [0.15, 0.2) is 0 Å². The van der Waals surface area contributed by atoms with Crippen molar-refractivity contribution in [2.24, 2.45) is 23.2 Å². The van der Waals surface area contributed by atoms with Crippen molar-refractivity contribution in [1.82, 2.24) is 10.5 Å². The van der Waals surface area contributed by atoms with Crippen LogP contribution in [0.25, 0.3) is 0 Å². The number of aromatic nitrogens is 1. The van der Waals surface area contributed by atoms with Gasteiger partial charge in [-0.2, -0.15) is 0 Å². The van der Waals surface area contributed by atoms with Gasteiger partial charge in [-0.3, -0.25) is 4.79 Å². The van der Waals surface area contributed by atoms with Crippen molar-refractivity contribution in [1.29, 1.82) is 0 Å². The van der Waals surface area contributed by atoms with Gasteiger partial charge in [-0.05, 0) is 82.5 Å². The fraction of sp³-hybridized carbons (Fsp3) is 0.800. The predicted molar refractivity (Wildman–Crippen MR) is 100 cm³/mol. The number of nitrogens with one attached hydrogen (secondary N) is 1. The summed E-state index contributed by atoms with van der Waals surface area (Å²) >= 11 is 1.65. The van der Waals surface area contributed by atoms with Gasteiger partial charge in [-0.1, -0.05) is 5.16 Å². The molecule has 1 atom stereocenters. The summed E-state index contributed by atoms with van der Waals surface area (Å²) in [6, 6.07) is 0.313. The molecule has 0 spiro atoms. The van der Waals surface area contributed by atoms with E-state index in [9.17, 15) is 4.79 Å². The fourth-order valence-corrected chi connectivity index (χ4v) is 7.09. The molecule has 1 N–H and O–H groups in total. The maximum atomic E-state index is 12.5. The average Bonchev–Trinajstić information content (AvgIpc) is 2.85. The number of rotatable bonds is 6. The first kappa shape index (κ1) is 17.4. The highest BCUT2D eigenvalue weighted by molar-refractivity contribution is 7.99. The first-order valence-corrected chi connectivity index (χ1v) is 10.9. The predicted octanol–water partition coefficient (Wildman–Crippen LogP) is 4.25. The van der Waals surface area contributed by atoms with E-state index in [1.54, 1.807) is 11.8 Å². The molecule has 4 fully saturated rings. The lowest BCUT2D eigenvalue weighted by Gasteiger charge is -2.59. The molecular formula is C20H30N2O2S. The van der Waals surface area contributed by atoms with Crippen molar-refractivity contribution < 1.29 is 9.32 Å². The molecule has 0 aromatic carbocycles. The Morgan fingerprint density at radius 1 is 1.24 bits per heavy atom. The van der Waals surface area contributed by atoms with Crippen molar-refractivity contribution in [2.45, 2.75) is 71.1 Å². The number of hydrogen-bond acceptors (Lipinski definition) is 4. The van der Waals surface area contributed by atoms with Crippen LogP contribution in [0.3, 0.4) is 0 Å². The van der Waals surface area contributed by atoms with E-state index in [0.717, 1.165) is 40.5 Å². The lowest BCUT2D eigenvalue weighted by molar-refractivity contribution is -0.123. The van der Waals surface area contributed by atoms with Crippen LogP contribution < -0.4 is 5.32 Å². The number of aryl methyl sites for hydroxylation is 2. The van der Waals surface area contributed by atoms with Crippen LogP contribution in [0.5, 0.6) is 0 Å². The molecule has 0 saturated heterocycles. The van der Waals surface area contributed by atoms with Crippen LogP contribution >= 0.6 is 11.8 Å². The lowest BCUT2D eigenvalue weighted by atomic mass is 9.48. The van der Waals surface area contributed by atoms with Crippen molar-refractivity contribution in [3.05, 3.63) is 17.0 Å². The molecule has 25 heavy (non-hydrogen) atoms. The molecule has 1 aromatic heterocycles. The molecule has 0 unspecified atom stereocenters. The summed E-state index contributed by atoms with van der Waals surface area (Å²) in [6.07, 6.45) is 8.37. The summed E-state index contributed by atoms with van der Waals surface area (Å²) in [6.45, 7) is 6.15. The van der Waals surface area contributed by atoms with Crippen LogP contribution in [0.15, 0.2) is 4.52 Å². The molecule has 138 valence electrons. The van der Waals surface area contributed by atoms with Gasteiger partial charge in [0.05, 0.1) is 11.4 Å². The Kier molecular flexibility index (Phi) is 4.63. The first-order valence-electron chi connectivity index (χ1n) is 9.74. The largest absolute Gasteiger partial charge is 0.361 e. The zero-order valence-corrected chi connectivity index (χ0v) is 16.5. The third-order valence-corrected chi connectivity index (χ3v) is 8.00. The molecule has 4 aliphatic carbocycles. The minimum absolute atomic E-state index is 0.181. The summed E-state index contributed by atoms with van der Waals surface area (Å²) in [5.41, 5.74) is 2.45. The van der Waals surface area contributed by atoms with Gasteiger partial charge in [0.2, 0.25) is 5.91 Å². The Balaban J connectivity index is 1.29. The first-order chi connectivity index (χ1) is 11.9. The van der Waals surface area contributed by atoms with E-state index in [-0.39, 0.29) is 5.91 Å². The highest BCUT2D eigenvalue weighted by Crippen LogP contribution is 2.61. The van der Waals surface area contributed by atoms with E-state index >= 15 is 0 Å². The molecule has 1 heterocycles. The molecule has 4 nitrogen and oxygen atoms in total. The van der Waals surface area contributed by atoms with Gasteiger partial charge in [0.1, 0.15) is 5.76 Å². The SMILES string of the molecule is Cc1noc(C)c1CSCC(=O)N[C@H](C)C12CC3CC(CC(C3)C1)C2. The van der Waals surface area contributed by atoms with Crippen LogP contribution in [0.4, 0.5) is 0 Å². The van der Waals surface area contributed by atoms with E-state index in [1.165, 1.54) is 38.5 Å². The Bertz CT molecular complexity index is 599. The second-order valence-electron chi connectivity index (χ2n) is 8.86. The fourth-order valence-electron chi connectivity index (χ4n) is 6.10. The second kappa shape index (κ2) is 6.64. The summed E-state index contributed by atoms with van der Waals surface area (Å²) in [5, 5.41) is 7.33. The highest BCUT2D eigenvalue weighted by Gasteiger charge is 2.53. The maximum Gasteiger partial charge on any atom is 0.230 e. The van der Waals surface area contributed by atoms with Gasteiger partial charge in [0, 0.05) is 17.4 Å². The summed E-state index contributed by atoms with van der Waals surface area (Å²) in [4.78, 5) is 12.5.